The van der Waals surface area contributed by atoms with E-state index < -0.39 is 16.7 Å². The highest BCUT2D eigenvalue weighted by Gasteiger charge is 2.28. The molecule has 1 aliphatic rings. The lowest BCUT2D eigenvalue weighted by molar-refractivity contribution is 0.100. The highest BCUT2D eigenvalue weighted by molar-refractivity contribution is 8.25. The first-order chi connectivity index (χ1) is 18.6. The number of nitrogens with two attached hydrogens (primary N) is 1. The molecular weight excluding hydrogens is 519 g/mol. The summed E-state index contributed by atoms with van der Waals surface area (Å²) in [5, 5.41) is 5.52. The monoisotopic (exact) mass is 548 g/mol. The second kappa shape index (κ2) is 9.41. The number of primary amides is 1. The summed E-state index contributed by atoms with van der Waals surface area (Å²) in [5.74, 6) is 0.0519. The normalized spacial score (nSPS) is 16.2. The molecule has 3 aromatic carbocycles. The summed E-state index contributed by atoms with van der Waals surface area (Å²) >= 11 is 0. The van der Waals surface area contributed by atoms with E-state index in [-0.39, 0.29) is 5.82 Å². The van der Waals surface area contributed by atoms with Gasteiger partial charge in [0.2, 0.25) is 5.91 Å². The van der Waals surface area contributed by atoms with E-state index in [1.807, 2.05) is 38.1 Å². The fourth-order valence-corrected chi connectivity index (χ4v) is 7.33. The first-order valence-corrected chi connectivity index (χ1v) is 14.4. The molecule has 0 spiro atoms. The van der Waals surface area contributed by atoms with Crippen LogP contribution in [-0.2, 0) is 6.54 Å². The summed E-state index contributed by atoms with van der Waals surface area (Å²) in [6.07, 6.45) is 1.61. The van der Waals surface area contributed by atoms with E-state index in [4.69, 9.17) is 10.3 Å². The largest absolute Gasteiger partial charge is 0.366 e. The van der Waals surface area contributed by atoms with E-state index >= 15 is 0 Å². The number of halogens is 1. The number of aromatic nitrogens is 2. The molecule has 0 bridgehead atoms. The number of anilines is 1. The van der Waals surface area contributed by atoms with Gasteiger partial charge >= 0.3 is 0 Å². The Kier molecular flexibility index (Phi) is 6.13. The molecule has 0 aliphatic carbocycles. The van der Waals surface area contributed by atoms with Crippen LogP contribution in [-0.4, -0.2) is 37.0 Å². The molecule has 1 fully saturated rings. The third-order valence-electron chi connectivity index (χ3n) is 7.46. The van der Waals surface area contributed by atoms with Crippen LogP contribution in [0.15, 0.2) is 59.1 Å². The Morgan fingerprint density at radius 1 is 1.08 bits per heavy atom. The van der Waals surface area contributed by atoms with Crippen molar-refractivity contribution >= 4 is 44.2 Å². The number of hydrogen-bond acceptors (Lipinski definition) is 6. The molecule has 3 heterocycles. The van der Waals surface area contributed by atoms with E-state index in [1.165, 1.54) is 12.1 Å². The molecule has 0 atom stereocenters. The van der Waals surface area contributed by atoms with Gasteiger partial charge in [0, 0.05) is 40.5 Å². The fraction of sp³-hybridized carbons (Fsp3) is 0.241. The third-order valence-corrected chi connectivity index (χ3v) is 9.40. The lowest BCUT2D eigenvalue weighted by Gasteiger charge is -2.47. The zero-order valence-corrected chi connectivity index (χ0v) is 22.5. The molecule has 1 amide bonds. The van der Waals surface area contributed by atoms with Crippen molar-refractivity contribution in [2.45, 2.75) is 33.2 Å². The summed E-state index contributed by atoms with van der Waals surface area (Å²) in [6, 6.07) is 15.8. The van der Waals surface area contributed by atoms with Crippen molar-refractivity contribution in [3.05, 3.63) is 83.0 Å². The van der Waals surface area contributed by atoms with Crippen LogP contribution in [0.1, 0.15) is 40.2 Å². The minimum absolute atomic E-state index is 0.317. The second-order valence-corrected chi connectivity index (χ2v) is 12.2. The quantitative estimate of drug-likeness (QED) is 0.227. The van der Waals surface area contributed by atoms with Gasteiger partial charge in [-0.1, -0.05) is 17.3 Å². The molecule has 8 nitrogen and oxygen atoms in total. The number of rotatable bonds is 5. The van der Waals surface area contributed by atoms with Crippen molar-refractivity contribution in [1.82, 2.24) is 9.72 Å². The minimum atomic E-state index is -2.93. The van der Waals surface area contributed by atoms with Crippen LogP contribution in [0.3, 0.4) is 0 Å². The second-order valence-electron chi connectivity index (χ2n) is 10.0. The van der Waals surface area contributed by atoms with Gasteiger partial charge in [-0.3, -0.25) is 18.2 Å². The molecule has 39 heavy (non-hydrogen) atoms. The van der Waals surface area contributed by atoms with Gasteiger partial charge < -0.3 is 14.8 Å². The average molecular weight is 549 g/mol. The van der Waals surface area contributed by atoms with E-state index in [0.29, 0.717) is 46.9 Å². The van der Waals surface area contributed by atoms with E-state index in [2.05, 4.69) is 9.72 Å². The molecule has 1 aliphatic heterocycles. The predicted octanol–water partition coefficient (Wildman–Crippen LogP) is 6.62. The molecule has 0 radical (unpaired) electrons. The fourth-order valence-electron chi connectivity index (χ4n) is 5.65. The number of benzene rings is 3. The number of hydrogen-bond donors (Lipinski definition) is 3. The summed E-state index contributed by atoms with van der Waals surface area (Å²) in [5.41, 5.74) is 11.7. The maximum atomic E-state index is 13.7. The molecule has 1 saturated heterocycles. The number of aryl methyl sites for hydroxylation is 2. The Labute approximate surface area is 226 Å². The summed E-state index contributed by atoms with van der Waals surface area (Å²) in [7, 11) is -2.93. The van der Waals surface area contributed by atoms with Crippen molar-refractivity contribution in [2.24, 2.45) is 5.73 Å². The van der Waals surface area contributed by atoms with Gasteiger partial charge in [0.15, 0.2) is 0 Å². The van der Waals surface area contributed by atoms with Crippen molar-refractivity contribution in [3.8, 4) is 11.1 Å². The topological polar surface area (TPSA) is 118 Å². The van der Waals surface area contributed by atoms with Crippen molar-refractivity contribution in [1.29, 1.82) is 0 Å². The van der Waals surface area contributed by atoms with Crippen LogP contribution in [0, 0.1) is 19.7 Å². The highest BCUT2D eigenvalue weighted by atomic mass is 32.3. The van der Waals surface area contributed by atoms with E-state index in [1.54, 1.807) is 22.5 Å². The summed E-state index contributed by atoms with van der Waals surface area (Å²) in [4.78, 5) is 12.9. The van der Waals surface area contributed by atoms with Gasteiger partial charge in [0.1, 0.15) is 11.6 Å². The van der Waals surface area contributed by atoms with Gasteiger partial charge in [-0.15, -0.1) is 10.8 Å². The number of fused-ring (bicyclic) bond motifs is 3. The summed E-state index contributed by atoms with van der Waals surface area (Å²) in [6.45, 7) is 4.61. The lowest BCUT2D eigenvalue weighted by atomic mass is 9.97. The van der Waals surface area contributed by atoms with Crippen molar-refractivity contribution in [3.63, 3.8) is 0 Å². The molecule has 5 aromatic rings. The Balaban J connectivity index is 1.65. The van der Waals surface area contributed by atoms with Gasteiger partial charge in [0.25, 0.3) is 0 Å². The van der Waals surface area contributed by atoms with Gasteiger partial charge in [-0.05, 0) is 80.3 Å². The van der Waals surface area contributed by atoms with Crippen LogP contribution >= 0.6 is 10.8 Å². The SMILES string of the molecule is Cc1noc(C)c1-c1cc(C(N)=O)c2c3cc(N4CCCCS4(O)O)ccc3n(Cc3ccc(F)cc3)c2c1. The molecule has 10 heteroatoms. The van der Waals surface area contributed by atoms with Crippen LogP contribution in [0.2, 0.25) is 0 Å². The predicted molar refractivity (Wildman–Crippen MR) is 153 cm³/mol. The van der Waals surface area contributed by atoms with Gasteiger partial charge in [0.05, 0.1) is 22.7 Å². The average Bonchev–Trinajstić information content (AvgIpc) is 3.40. The maximum Gasteiger partial charge on any atom is 0.249 e. The first kappa shape index (κ1) is 25.4. The highest BCUT2D eigenvalue weighted by Crippen LogP contribution is 2.50. The van der Waals surface area contributed by atoms with E-state index in [9.17, 15) is 18.3 Å². The molecule has 0 unspecified atom stereocenters. The van der Waals surface area contributed by atoms with Crippen LogP contribution in [0.5, 0.6) is 0 Å². The number of amides is 1. The van der Waals surface area contributed by atoms with E-state index in [0.717, 1.165) is 46.0 Å². The number of nitrogens with zero attached hydrogens (tertiary/aromatic N) is 3. The van der Waals surface area contributed by atoms with Crippen molar-refractivity contribution < 1.29 is 22.8 Å². The van der Waals surface area contributed by atoms with Crippen molar-refractivity contribution in [2.75, 3.05) is 16.6 Å². The molecule has 4 N–H and O–H groups in total. The smallest absolute Gasteiger partial charge is 0.249 e. The zero-order valence-electron chi connectivity index (χ0n) is 21.6. The molecule has 202 valence electrons. The lowest BCUT2D eigenvalue weighted by Crippen LogP contribution is -2.34. The standard InChI is InChI=1S/C29H29FN4O4S/c1-17-27(18(2)38-32-17)20-13-24(29(31)35)28-23-15-22(34-11-3-4-12-39(34,36)37)9-10-25(23)33(26(28)14-20)16-19-5-7-21(30)8-6-19/h5-10,13-15,36-37H,3-4,11-12,16H2,1-2H3,(H2,31,35). The molecule has 2 aromatic heterocycles. The molecular formula is C29H29FN4O4S. The molecule has 6 rings (SSSR count). The van der Waals surface area contributed by atoms with Gasteiger partial charge in [-0.2, -0.15) is 0 Å². The Morgan fingerprint density at radius 2 is 1.85 bits per heavy atom. The third kappa shape index (κ3) is 4.34. The number of carbonyl (C=O) groups excluding carboxylic acids is 1. The Bertz CT molecular complexity index is 1720. The Hall–Kier alpha value is -3.86. The molecule has 0 saturated carbocycles. The van der Waals surface area contributed by atoms with Gasteiger partial charge in [-0.25, -0.2) is 4.39 Å². The zero-order chi connectivity index (χ0) is 27.5. The first-order valence-electron chi connectivity index (χ1n) is 12.7. The van der Waals surface area contributed by atoms with Crippen LogP contribution in [0.4, 0.5) is 10.1 Å². The summed E-state index contributed by atoms with van der Waals surface area (Å²) < 4.78 is 44.4. The van der Waals surface area contributed by atoms with Crippen LogP contribution in [0.25, 0.3) is 32.9 Å². The maximum absolute atomic E-state index is 13.7. The Morgan fingerprint density at radius 3 is 2.51 bits per heavy atom. The van der Waals surface area contributed by atoms with Crippen LogP contribution < -0.4 is 10.0 Å². The number of carbonyl (C=O) groups is 1. The minimum Gasteiger partial charge on any atom is -0.366 e.